The van der Waals surface area contributed by atoms with Crippen molar-refractivity contribution in [1.82, 2.24) is 20.7 Å². The van der Waals surface area contributed by atoms with Crippen molar-refractivity contribution < 1.29 is 24.2 Å². The average molecular weight is 527 g/mol. The van der Waals surface area contributed by atoms with Crippen molar-refractivity contribution in [3.8, 4) is 0 Å². The van der Waals surface area contributed by atoms with E-state index >= 15 is 0 Å². The lowest BCUT2D eigenvalue weighted by atomic mass is 10.0. The highest BCUT2D eigenvalue weighted by Crippen LogP contribution is 2.22. The summed E-state index contributed by atoms with van der Waals surface area (Å²) in [5.74, 6) is 0. The molecule has 1 aromatic heterocycles. The molecule has 2 amide bonds. The zero-order chi connectivity index (χ0) is 26.7. The summed E-state index contributed by atoms with van der Waals surface area (Å²) in [6, 6.07) is 18.3. The second-order valence-electron chi connectivity index (χ2n) is 9.39. The van der Waals surface area contributed by atoms with E-state index in [0.717, 1.165) is 10.4 Å². The van der Waals surface area contributed by atoms with Gasteiger partial charge in [-0.3, -0.25) is 10.4 Å². The van der Waals surface area contributed by atoms with Crippen molar-refractivity contribution in [1.29, 1.82) is 0 Å². The van der Waals surface area contributed by atoms with Gasteiger partial charge in [0.2, 0.25) is 0 Å². The first kappa shape index (κ1) is 28.1. The molecule has 0 bridgehead atoms. The number of alkyl carbamates (subject to hydrolysis) is 1. The van der Waals surface area contributed by atoms with E-state index in [4.69, 9.17) is 9.47 Å². The molecule has 0 fully saturated rings. The van der Waals surface area contributed by atoms with Gasteiger partial charge in [0.05, 0.1) is 16.4 Å². The highest BCUT2D eigenvalue weighted by Gasteiger charge is 2.24. The van der Waals surface area contributed by atoms with E-state index in [1.54, 1.807) is 44.6 Å². The van der Waals surface area contributed by atoms with Crippen LogP contribution in [-0.2, 0) is 16.1 Å². The van der Waals surface area contributed by atoms with Gasteiger partial charge in [0.15, 0.2) is 0 Å². The van der Waals surface area contributed by atoms with Crippen molar-refractivity contribution in [3.05, 3.63) is 88.4 Å². The standard InChI is InChI=1S/C27H34N4O5S/c1-27(2,3)36-26(34)30-31(24(32)21-13-8-5-9-14-21)16-10-15-23(20-11-6-4-7-12-20)29-25(33)35-18-22-17-28-19-37-22/h4-9,11-14,17,19,23-24,32H,10,15-16,18H2,1-3H3,(H,29,33)(H,30,34). The molecule has 3 aromatic rings. The number of ether oxygens (including phenoxy) is 2. The SMILES string of the molecule is CC(C)(C)OC(=O)NN(CCCC(NC(=O)OCc1cncs1)c1ccccc1)C(O)c1ccccc1. The van der Waals surface area contributed by atoms with Crippen LogP contribution in [0.3, 0.4) is 0 Å². The number of carbonyl (C=O) groups excluding carboxylic acids is 2. The number of hydrogen-bond acceptors (Lipinski definition) is 8. The summed E-state index contributed by atoms with van der Waals surface area (Å²) in [6.07, 6.45) is 0.460. The van der Waals surface area contributed by atoms with Crippen LogP contribution in [0.5, 0.6) is 0 Å². The minimum atomic E-state index is -1.08. The molecule has 9 nitrogen and oxygen atoms in total. The highest BCUT2D eigenvalue weighted by molar-refractivity contribution is 7.09. The summed E-state index contributed by atoms with van der Waals surface area (Å²) in [5.41, 5.74) is 5.22. The number of aliphatic hydroxyl groups is 1. The molecule has 1 heterocycles. The monoisotopic (exact) mass is 526 g/mol. The van der Waals surface area contributed by atoms with Crippen LogP contribution in [0.2, 0.25) is 0 Å². The Labute approximate surface area is 221 Å². The molecule has 0 spiro atoms. The fourth-order valence-electron chi connectivity index (χ4n) is 3.57. The summed E-state index contributed by atoms with van der Waals surface area (Å²) in [4.78, 5) is 29.8. The zero-order valence-electron chi connectivity index (χ0n) is 21.3. The molecule has 0 saturated heterocycles. The lowest BCUT2D eigenvalue weighted by Gasteiger charge is -2.30. The van der Waals surface area contributed by atoms with E-state index in [9.17, 15) is 14.7 Å². The van der Waals surface area contributed by atoms with Crippen LogP contribution in [-0.4, -0.2) is 39.4 Å². The minimum Gasteiger partial charge on any atom is -0.444 e. The van der Waals surface area contributed by atoms with Gasteiger partial charge in [0, 0.05) is 12.7 Å². The lowest BCUT2D eigenvalue weighted by Crippen LogP contribution is -2.47. The van der Waals surface area contributed by atoms with E-state index in [1.165, 1.54) is 16.3 Å². The van der Waals surface area contributed by atoms with Gasteiger partial charge in [0.25, 0.3) is 0 Å². The van der Waals surface area contributed by atoms with Gasteiger partial charge in [-0.1, -0.05) is 60.7 Å². The molecule has 37 heavy (non-hydrogen) atoms. The van der Waals surface area contributed by atoms with Gasteiger partial charge < -0.3 is 19.9 Å². The van der Waals surface area contributed by atoms with Crippen LogP contribution in [0.1, 0.15) is 61.9 Å². The van der Waals surface area contributed by atoms with Gasteiger partial charge in [-0.2, -0.15) is 5.01 Å². The molecular weight excluding hydrogens is 492 g/mol. The van der Waals surface area contributed by atoms with Crippen molar-refractivity contribution >= 4 is 23.5 Å². The summed E-state index contributed by atoms with van der Waals surface area (Å²) in [6.45, 7) is 5.77. The van der Waals surface area contributed by atoms with Crippen molar-refractivity contribution in [2.45, 2.75) is 58.1 Å². The summed E-state index contributed by atoms with van der Waals surface area (Å²) in [7, 11) is 0. The third kappa shape index (κ3) is 9.83. The van der Waals surface area contributed by atoms with Crippen molar-refractivity contribution in [2.24, 2.45) is 0 Å². The smallest absolute Gasteiger partial charge is 0.422 e. The Morgan fingerprint density at radius 3 is 2.27 bits per heavy atom. The Bertz CT molecular complexity index is 1090. The Balaban J connectivity index is 1.65. The van der Waals surface area contributed by atoms with Crippen LogP contribution in [0.25, 0.3) is 0 Å². The molecule has 0 aliphatic rings. The number of carbonyl (C=O) groups is 2. The van der Waals surface area contributed by atoms with Crippen LogP contribution in [0, 0.1) is 0 Å². The van der Waals surface area contributed by atoms with E-state index in [1.807, 2.05) is 48.5 Å². The second-order valence-corrected chi connectivity index (χ2v) is 10.4. The van der Waals surface area contributed by atoms with E-state index < -0.39 is 24.0 Å². The Morgan fingerprint density at radius 1 is 1.03 bits per heavy atom. The molecule has 0 saturated carbocycles. The molecule has 0 aliphatic heterocycles. The Morgan fingerprint density at radius 2 is 1.68 bits per heavy atom. The molecule has 198 valence electrons. The topological polar surface area (TPSA) is 113 Å². The molecule has 0 radical (unpaired) electrons. The van der Waals surface area contributed by atoms with Crippen LogP contribution in [0.4, 0.5) is 9.59 Å². The predicted octanol–water partition coefficient (Wildman–Crippen LogP) is 5.32. The first-order chi connectivity index (χ1) is 17.7. The normalized spacial score (nSPS) is 13.0. The molecule has 10 heteroatoms. The van der Waals surface area contributed by atoms with Crippen molar-refractivity contribution in [3.63, 3.8) is 0 Å². The number of aliphatic hydroxyl groups excluding tert-OH is 1. The fraction of sp³-hybridized carbons (Fsp3) is 0.370. The first-order valence-electron chi connectivity index (χ1n) is 12.1. The van der Waals surface area contributed by atoms with Crippen molar-refractivity contribution in [2.75, 3.05) is 6.54 Å². The summed E-state index contributed by atoms with van der Waals surface area (Å²) < 4.78 is 10.7. The minimum absolute atomic E-state index is 0.148. The largest absolute Gasteiger partial charge is 0.444 e. The quantitative estimate of drug-likeness (QED) is 0.229. The summed E-state index contributed by atoms with van der Waals surface area (Å²) >= 11 is 1.42. The molecule has 3 rings (SSSR count). The maximum atomic E-state index is 12.5. The van der Waals surface area contributed by atoms with Gasteiger partial charge in [-0.05, 0) is 44.7 Å². The fourth-order valence-corrected chi connectivity index (χ4v) is 4.08. The maximum Gasteiger partial charge on any atom is 0.422 e. The van der Waals surface area contributed by atoms with E-state index in [2.05, 4.69) is 15.7 Å². The molecule has 2 unspecified atom stereocenters. The van der Waals surface area contributed by atoms with Crippen LogP contribution < -0.4 is 10.7 Å². The number of benzene rings is 2. The second kappa shape index (κ2) is 13.7. The number of thiazole rings is 1. The number of aromatic nitrogens is 1. The maximum absolute atomic E-state index is 12.5. The van der Waals surface area contributed by atoms with Crippen LogP contribution >= 0.6 is 11.3 Å². The number of amides is 2. The third-order valence-corrected chi connectivity index (χ3v) is 5.99. The van der Waals surface area contributed by atoms with Gasteiger partial charge in [-0.25, -0.2) is 9.59 Å². The van der Waals surface area contributed by atoms with Gasteiger partial charge in [-0.15, -0.1) is 11.3 Å². The molecule has 0 aliphatic carbocycles. The lowest BCUT2D eigenvalue weighted by molar-refractivity contribution is -0.0448. The molecule has 2 atom stereocenters. The Hall–Kier alpha value is -3.47. The third-order valence-electron chi connectivity index (χ3n) is 5.24. The average Bonchev–Trinajstić information content (AvgIpc) is 3.39. The molecule has 3 N–H and O–H groups in total. The first-order valence-corrected chi connectivity index (χ1v) is 12.9. The predicted molar refractivity (Wildman–Crippen MR) is 141 cm³/mol. The van der Waals surface area contributed by atoms with Crippen LogP contribution in [0.15, 0.2) is 72.4 Å². The Kier molecular flexibility index (Phi) is 10.4. The van der Waals surface area contributed by atoms with E-state index in [0.29, 0.717) is 24.9 Å². The number of hydrazine groups is 1. The molecular formula is C27H34N4O5S. The summed E-state index contributed by atoms with van der Waals surface area (Å²) in [5, 5.41) is 15.3. The molecule has 2 aromatic carbocycles. The highest BCUT2D eigenvalue weighted by atomic mass is 32.1. The number of rotatable bonds is 11. The zero-order valence-corrected chi connectivity index (χ0v) is 22.1. The van der Waals surface area contributed by atoms with Gasteiger partial charge >= 0.3 is 12.2 Å². The van der Waals surface area contributed by atoms with E-state index in [-0.39, 0.29) is 12.6 Å². The van der Waals surface area contributed by atoms with Gasteiger partial charge in [0.1, 0.15) is 18.4 Å². The number of nitrogens with one attached hydrogen (secondary N) is 2. The number of nitrogens with zero attached hydrogens (tertiary/aromatic N) is 2. The number of hydrogen-bond donors (Lipinski definition) is 3.